The highest BCUT2D eigenvalue weighted by Gasteiger charge is 2.16. The highest BCUT2D eigenvalue weighted by molar-refractivity contribution is 5.95. The summed E-state index contributed by atoms with van der Waals surface area (Å²) in [6.07, 6.45) is 1.01. The van der Waals surface area contributed by atoms with Crippen molar-refractivity contribution >= 4 is 5.91 Å². The standard InChI is InChI=1S/C15H23NO5/c1-10(17)6-5-7-16-15(18)11-8-12(19-2)14(21-4)13(9-11)20-3/h8-10,17H,5-7H2,1-4H3,(H,16,18). The molecule has 0 aromatic heterocycles. The van der Waals surface area contributed by atoms with Crippen molar-refractivity contribution in [2.45, 2.75) is 25.9 Å². The van der Waals surface area contributed by atoms with Gasteiger partial charge in [-0.2, -0.15) is 0 Å². The van der Waals surface area contributed by atoms with E-state index in [2.05, 4.69) is 5.32 Å². The Bertz CT molecular complexity index is 448. The normalized spacial score (nSPS) is 11.7. The van der Waals surface area contributed by atoms with Gasteiger partial charge < -0.3 is 24.6 Å². The van der Waals surface area contributed by atoms with E-state index in [4.69, 9.17) is 19.3 Å². The molecule has 0 saturated carbocycles. The molecule has 0 aliphatic heterocycles. The molecule has 1 aromatic rings. The van der Waals surface area contributed by atoms with Gasteiger partial charge in [0.25, 0.3) is 5.91 Å². The second-order valence-corrected chi connectivity index (χ2v) is 4.66. The van der Waals surface area contributed by atoms with E-state index >= 15 is 0 Å². The van der Waals surface area contributed by atoms with Crippen LogP contribution < -0.4 is 19.5 Å². The van der Waals surface area contributed by atoms with Gasteiger partial charge in [0.2, 0.25) is 5.75 Å². The van der Waals surface area contributed by atoms with Gasteiger partial charge in [-0.25, -0.2) is 0 Å². The smallest absolute Gasteiger partial charge is 0.251 e. The molecule has 0 saturated heterocycles. The number of aliphatic hydroxyl groups excluding tert-OH is 1. The zero-order valence-electron chi connectivity index (χ0n) is 12.9. The van der Waals surface area contributed by atoms with Gasteiger partial charge in [-0.05, 0) is 31.9 Å². The van der Waals surface area contributed by atoms with E-state index in [9.17, 15) is 4.79 Å². The Morgan fingerprint density at radius 1 is 1.19 bits per heavy atom. The van der Waals surface area contributed by atoms with Gasteiger partial charge in [0.05, 0.1) is 27.4 Å². The van der Waals surface area contributed by atoms with E-state index in [1.54, 1.807) is 19.1 Å². The second-order valence-electron chi connectivity index (χ2n) is 4.66. The summed E-state index contributed by atoms with van der Waals surface area (Å²) < 4.78 is 15.6. The Morgan fingerprint density at radius 3 is 2.19 bits per heavy atom. The first-order valence-electron chi connectivity index (χ1n) is 6.79. The fourth-order valence-corrected chi connectivity index (χ4v) is 1.91. The molecule has 0 bridgehead atoms. The summed E-state index contributed by atoms with van der Waals surface area (Å²) in [5.74, 6) is 1.10. The first kappa shape index (κ1) is 17.1. The zero-order valence-corrected chi connectivity index (χ0v) is 12.9. The number of aliphatic hydroxyl groups is 1. The molecule has 118 valence electrons. The van der Waals surface area contributed by atoms with Crippen LogP contribution in [0.25, 0.3) is 0 Å². The third kappa shape index (κ3) is 4.82. The first-order valence-corrected chi connectivity index (χ1v) is 6.79. The van der Waals surface area contributed by atoms with E-state index in [1.165, 1.54) is 21.3 Å². The SMILES string of the molecule is COc1cc(C(=O)NCCCC(C)O)cc(OC)c1OC. The molecule has 0 aliphatic rings. The summed E-state index contributed by atoms with van der Waals surface area (Å²) >= 11 is 0. The molecule has 0 fully saturated rings. The minimum atomic E-state index is -0.358. The topological polar surface area (TPSA) is 77.0 Å². The molecular formula is C15H23NO5. The van der Waals surface area contributed by atoms with Crippen molar-refractivity contribution in [1.82, 2.24) is 5.32 Å². The molecular weight excluding hydrogens is 274 g/mol. The molecule has 2 N–H and O–H groups in total. The second kappa shape index (κ2) is 8.36. The van der Waals surface area contributed by atoms with E-state index in [-0.39, 0.29) is 12.0 Å². The maximum Gasteiger partial charge on any atom is 0.251 e. The van der Waals surface area contributed by atoms with Crippen LogP contribution in [0.1, 0.15) is 30.1 Å². The van der Waals surface area contributed by atoms with Gasteiger partial charge >= 0.3 is 0 Å². The van der Waals surface area contributed by atoms with E-state index in [0.29, 0.717) is 42.2 Å². The summed E-state index contributed by atoms with van der Waals surface area (Å²) in [5.41, 5.74) is 0.432. The molecule has 0 heterocycles. The summed E-state index contributed by atoms with van der Waals surface area (Å²) in [5, 5.41) is 12.0. The van der Waals surface area contributed by atoms with Crippen LogP contribution in [0.2, 0.25) is 0 Å². The number of nitrogens with one attached hydrogen (secondary N) is 1. The monoisotopic (exact) mass is 297 g/mol. The summed E-state index contributed by atoms with van der Waals surface area (Å²) in [4.78, 5) is 12.1. The predicted molar refractivity (Wildman–Crippen MR) is 79.3 cm³/mol. The number of carbonyl (C=O) groups excluding carboxylic acids is 1. The lowest BCUT2D eigenvalue weighted by molar-refractivity contribution is 0.0949. The van der Waals surface area contributed by atoms with Gasteiger partial charge in [-0.15, -0.1) is 0 Å². The molecule has 6 heteroatoms. The van der Waals surface area contributed by atoms with E-state index in [0.717, 1.165) is 0 Å². The van der Waals surface area contributed by atoms with Crippen molar-refractivity contribution in [3.05, 3.63) is 17.7 Å². The van der Waals surface area contributed by atoms with Crippen molar-refractivity contribution in [3.63, 3.8) is 0 Å². The average Bonchev–Trinajstić information content (AvgIpc) is 2.49. The Kier molecular flexibility index (Phi) is 6.81. The number of methoxy groups -OCH3 is 3. The Balaban J connectivity index is 2.80. The van der Waals surface area contributed by atoms with Crippen LogP contribution in [-0.4, -0.2) is 45.0 Å². The van der Waals surface area contributed by atoms with Crippen molar-refractivity contribution in [2.75, 3.05) is 27.9 Å². The Hall–Kier alpha value is -1.95. The van der Waals surface area contributed by atoms with E-state index < -0.39 is 0 Å². The zero-order chi connectivity index (χ0) is 15.8. The minimum Gasteiger partial charge on any atom is -0.493 e. The van der Waals surface area contributed by atoms with Gasteiger partial charge in [-0.3, -0.25) is 4.79 Å². The molecule has 21 heavy (non-hydrogen) atoms. The fraction of sp³-hybridized carbons (Fsp3) is 0.533. The van der Waals surface area contributed by atoms with Crippen molar-refractivity contribution in [3.8, 4) is 17.2 Å². The molecule has 1 aromatic carbocycles. The number of ether oxygens (including phenoxy) is 3. The summed E-state index contributed by atoms with van der Waals surface area (Å²) in [6, 6.07) is 3.21. The van der Waals surface area contributed by atoms with Crippen LogP contribution in [0.4, 0.5) is 0 Å². The van der Waals surface area contributed by atoms with Gasteiger partial charge in [0, 0.05) is 12.1 Å². The molecule has 1 amide bonds. The molecule has 0 radical (unpaired) electrons. The number of hydrogen-bond acceptors (Lipinski definition) is 5. The largest absolute Gasteiger partial charge is 0.493 e. The van der Waals surface area contributed by atoms with Gasteiger partial charge in [-0.1, -0.05) is 0 Å². The molecule has 6 nitrogen and oxygen atoms in total. The van der Waals surface area contributed by atoms with Crippen LogP contribution >= 0.6 is 0 Å². The molecule has 0 aliphatic carbocycles. The number of rotatable bonds is 8. The Labute approximate surface area is 125 Å². The highest BCUT2D eigenvalue weighted by atomic mass is 16.5. The van der Waals surface area contributed by atoms with E-state index in [1.807, 2.05) is 0 Å². The lowest BCUT2D eigenvalue weighted by Crippen LogP contribution is -2.25. The van der Waals surface area contributed by atoms with Crippen LogP contribution in [0.15, 0.2) is 12.1 Å². The van der Waals surface area contributed by atoms with Crippen LogP contribution in [0, 0.1) is 0 Å². The quantitative estimate of drug-likeness (QED) is 0.713. The van der Waals surface area contributed by atoms with Crippen molar-refractivity contribution in [2.24, 2.45) is 0 Å². The number of carbonyl (C=O) groups is 1. The van der Waals surface area contributed by atoms with Gasteiger partial charge in [0.1, 0.15) is 0 Å². The summed E-state index contributed by atoms with van der Waals surface area (Å²) in [7, 11) is 4.51. The van der Waals surface area contributed by atoms with Crippen molar-refractivity contribution < 1.29 is 24.1 Å². The number of benzene rings is 1. The lowest BCUT2D eigenvalue weighted by atomic mass is 10.1. The number of amides is 1. The third-order valence-electron chi connectivity index (χ3n) is 3.01. The van der Waals surface area contributed by atoms with Crippen LogP contribution in [0.5, 0.6) is 17.2 Å². The maximum absolute atomic E-state index is 12.1. The summed E-state index contributed by atoms with van der Waals surface area (Å²) in [6.45, 7) is 2.22. The number of hydrogen-bond donors (Lipinski definition) is 2. The van der Waals surface area contributed by atoms with Crippen LogP contribution in [-0.2, 0) is 0 Å². The molecule has 0 spiro atoms. The predicted octanol–water partition coefficient (Wildman–Crippen LogP) is 1.60. The maximum atomic E-state index is 12.1. The first-order chi connectivity index (χ1) is 10.0. The van der Waals surface area contributed by atoms with Crippen LogP contribution in [0.3, 0.4) is 0 Å². The lowest BCUT2D eigenvalue weighted by Gasteiger charge is -2.14. The highest BCUT2D eigenvalue weighted by Crippen LogP contribution is 2.38. The molecule has 1 rings (SSSR count). The van der Waals surface area contributed by atoms with Crippen molar-refractivity contribution in [1.29, 1.82) is 0 Å². The average molecular weight is 297 g/mol. The third-order valence-corrected chi connectivity index (χ3v) is 3.01. The Morgan fingerprint density at radius 2 is 1.76 bits per heavy atom. The fourth-order valence-electron chi connectivity index (χ4n) is 1.91. The molecule has 1 unspecified atom stereocenters. The molecule has 1 atom stereocenters. The van der Waals surface area contributed by atoms with Gasteiger partial charge in [0.15, 0.2) is 11.5 Å². The minimum absolute atomic E-state index is 0.222.